The molecule has 2 heterocycles. The van der Waals surface area contributed by atoms with Gasteiger partial charge in [-0.05, 0) is 12.1 Å². The average Bonchev–Trinajstić information content (AvgIpc) is 2.66. The number of primary sulfonamides is 1. The smallest absolute Gasteiger partial charge is 0.240 e. The zero-order valence-electron chi connectivity index (χ0n) is 18.8. The highest BCUT2D eigenvalue weighted by Gasteiger charge is 2.27. The molecule has 7 nitrogen and oxygen atoms in total. The molecule has 3 rings (SSSR count). The molecule has 0 spiro atoms. The van der Waals surface area contributed by atoms with Crippen molar-refractivity contribution in [3.05, 3.63) is 41.9 Å². The molecule has 1 fully saturated rings. The standard InChI is InChI=1S/C22H33N5O2S/c1-21(2,3)18-15-19(25-20(24-18)22(4,5)6)27-13-11-26(12-14-27)16-9-7-8-10-17(16)30(23,28)29/h7-10,15H,11-14H2,1-6H3,(H2,23,28,29). The molecule has 30 heavy (non-hydrogen) atoms. The maximum atomic E-state index is 12.0. The number of anilines is 2. The molecule has 0 amide bonds. The number of benzene rings is 1. The summed E-state index contributed by atoms with van der Waals surface area (Å²) < 4.78 is 23.9. The van der Waals surface area contributed by atoms with Crippen LogP contribution in [0, 0.1) is 0 Å². The second-order valence-corrected chi connectivity index (χ2v) is 11.5. The SMILES string of the molecule is CC(C)(C)c1cc(N2CCN(c3ccccc3S(N)(=O)=O)CC2)nc(C(C)(C)C)n1. The second kappa shape index (κ2) is 7.81. The zero-order valence-corrected chi connectivity index (χ0v) is 19.6. The summed E-state index contributed by atoms with van der Waals surface area (Å²) in [4.78, 5) is 14.2. The normalized spacial score (nSPS) is 16.1. The third-order valence-electron chi connectivity index (χ3n) is 5.27. The van der Waals surface area contributed by atoms with Crippen LogP contribution in [0.25, 0.3) is 0 Å². The molecular formula is C22H33N5O2S. The van der Waals surface area contributed by atoms with Gasteiger partial charge in [-0.1, -0.05) is 53.7 Å². The van der Waals surface area contributed by atoms with Gasteiger partial charge in [0.15, 0.2) is 0 Å². The highest BCUT2D eigenvalue weighted by Crippen LogP contribution is 2.30. The van der Waals surface area contributed by atoms with E-state index >= 15 is 0 Å². The van der Waals surface area contributed by atoms with Crippen molar-refractivity contribution in [3.63, 3.8) is 0 Å². The van der Waals surface area contributed by atoms with Crippen LogP contribution in [0.15, 0.2) is 35.2 Å². The summed E-state index contributed by atoms with van der Waals surface area (Å²) in [7, 11) is -3.77. The monoisotopic (exact) mass is 431 g/mol. The molecule has 164 valence electrons. The maximum absolute atomic E-state index is 12.0. The van der Waals surface area contributed by atoms with Crippen LogP contribution >= 0.6 is 0 Å². The number of sulfonamides is 1. The van der Waals surface area contributed by atoms with E-state index in [0.29, 0.717) is 18.8 Å². The molecular weight excluding hydrogens is 398 g/mol. The van der Waals surface area contributed by atoms with Crippen molar-refractivity contribution in [3.8, 4) is 0 Å². The Morgan fingerprint density at radius 2 is 1.43 bits per heavy atom. The number of piperazine rings is 1. The lowest BCUT2D eigenvalue weighted by Crippen LogP contribution is -2.47. The first kappa shape index (κ1) is 22.5. The topological polar surface area (TPSA) is 92.4 Å². The van der Waals surface area contributed by atoms with Crippen LogP contribution in [-0.2, 0) is 20.9 Å². The number of nitrogens with zero attached hydrogens (tertiary/aromatic N) is 4. The summed E-state index contributed by atoms with van der Waals surface area (Å²) >= 11 is 0. The van der Waals surface area contributed by atoms with E-state index in [0.717, 1.165) is 30.4 Å². The van der Waals surface area contributed by atoms with E-state index in [-0.39, 0.29) is 15.7 Å². The first-order valence-corrected chi connectivity index (χ1v) is 11.8. The van der Waals surface area contributed by atoms with E-state index in [9.17, 15) is 8.42 Å². The molecule has 8 heteroatoms. The maximum Gasteiger partial charge on any atom is 0.240 e. The summed E-state index contributed by atoms with van der Waals surface area (Å²) in [5.41, 5.74) is 1.47. The van der Waals surface area contributed by atoms with Gasteiger partial charge in [-0.2, -0.15) is 0 Å². The first-order valence-electron chi connectivity index (χ1n) is 10.3. The number of hydrogen-bond acceptors (Lipinski definition) is 6. The van der Waals surface area contributed by atoms with E-state index in [1.54, 1.807) is 12.1 Å². The molecule has 0 saturated carbocycles. The van der Waals surface area contributed by atoms with Crippen LogP contribution in [0.1, 0.15) is 53.1 Å². The fraction of sp³-hybridized carbons (Fsp3) is 0.545. The van der Waals surface area contributed by atoms with Crippen molar-refractivity contribution in [2.75, 3.05) is 36.0 Å². The molecule has 1 aromatic heterocycles. The third-order valence-corrected chi connectivity index (χ3v) is 6.23. The van der Waals surface area contributed by atoms with Gasteiger partial charge in [0, 0.05) is 43.1 Å². The highest BCUT2D eigenvalue weighted by molar-refractivity contribution is 7.89. The van der Waals surface area contributed by atoms with Crippen molar-refractivity contribution >= 4 is 21.5 Å². The number of rotatable bonds is 3. The van der Waals surface area contributed by atoms with Crippen LogP contribution in [-0.4, -0.2) is 44.6 Å². The predicted octanol–water partition coefficient (Wildman–Crippen LogP) is 3.05. The van der Waals surface area contributed by atoms with Crippen molar-refractivity contribution in [2.24, 2.45) is 5.14 Å². The summed E-state index contributed by atoms with van der Waals surface area (Å²) in [5.74, 6) is 1.77. The van der Waals surface area contributed by atoms with Gasteiger partial charge in [-0.3, -0.25) is 0 Å². The van der Waals surface area contributed by atoms with Gasteiger partial charge in [0.2, 0.25) is 10.0 Å². The van der Waals surface area contributed by atoms with Gasteiger partial charge in [-0.15, -0.1) is 0 Å². The minimum atomic E-state index is -3.77. The second-order valence-electron chi connectivity index (χ2n) is 9.92. The molecule has 1 aliphatic heterocycles. The number of hydrogen-bond donors (Lipinski definition) is 1. The van der Waals surface area contributed by atoms with Gasteiger partial charge in [0.25, 0.3) is 0 Å². The van der Waals surface area contributed by atoms with Gasteiger partial charge in [-0.25, -0.2) is 23.5 Å². The zero-order chi connectivity index (χ0) is 22.3. The largest absolute Gasteiger partial charge is 0.367 e. The molecule has 0 radical (unpaired) electrons. The summed E-state index contributed by atoms with van der Waals surface area (Å²) in [5, 5.41) is 5.42. The molecule has 1 aromatic carbocycles. The van der Waals surface area contributed by atoms with E-state index in [2.05, 4.69) is 57.4 Å². The lowest BCUT2D eigenvalue weighted by Gasteiger charge is -2.38. The Morgan fingerprint density at radius 1 is 0.867 bits per heavy atom. The van der Waals surface area contributed by atoms with Gasteiger partial charge in [0.05, 0.1) is 11.4 Å². The van der Waals surface area contributed by atoms with Gasteiger partial charge in [0.1, 0.15) is 16.5 Å². The quantitative estimate of drug-likeness (QED) is 0.803. The Labute approximate surface area is 180 Å². The van der Waals surface area contributed by atoms with Crippen LogP contribution in [0.3, 0.4) is 0 Å². The predicted molar refractivity (Wildman–Crippen MR) is 122 cm³/mol. The Hall–Kier alpha value is -2.19. The molecule has 2 N–H and O–H groups in total. The first-order chi connectivity index (χ1) is 13.8. The molecule has 2 aromatic rings. The molecule has 1 saturated heterocycles. The Kier molecular flexibility index (Phi) is 5.86. The summed E-state index contributed by atoms with van der Waals surface area (Å²) in [6, 6.07) is 9.00. The van der Waals surface area contributed by atoms with Gasteiger partial charge < -0.3 is 9.80 Å². The lowest BCUT2D eigenvalue weighted by molar-refractivity contribution is 0.510. The fourth-order valence-electron chi connectivity index (χ4n) is 3.45. The minimum absolute atomic E-state index is 0.0755. The lowest BCUT2D eigenvalue weighted by atomic mass is 9.90. The van der Waals surface area contributed by atoms with E-state index < -0.39 is 10.0 Å². The number of para-hydroxylation sites is 1. The fourth-order valence-corrected chi connectivity index (χ4v) is 4.21. The Balaban J connectivity index is 1.87. The van der Waals surface area contributed by atoms with Crippen LogP contribution in [0.5, 0.6) is 0 Å². The summed E-state index contributed by atoms with van der Waals surface area (Å²) in [6.45, 7) is 15.7. The van der Waals surface area contributed by atoms with Crippen LogP contribution < -0.4 is 14.9 Å². The van der Waals surface area contributed by atoms with E-state index in [4.69, 9.17) is 15.1 Å². The van der Waals surface area contributed by atoms with Gasteiger partial charge >= 0.3 is 0 Å². The molecule has 0 atom stereocenters. The molecule has 0 aliphatic carbocycles. The molecule has 0 bridgehead atoms. The van der Waals surface area contributed by atoms with Crippen LogP contribution in [0.4, 0.5) is 11.5 Å². The van der Waals surface area contributed by atoms with Crippen molar-refractivity contribution in [2.45, 2.75) is 57.3 Å². The third kappa shape index (κ3) is 4.92. The average molecular weight is 432 g/mol. The van der Waals surface area contributed by atoms with Crippen LogP contribution in [0.2, 0.25) is 0 Å². The van der Waals surface area contributed by atoms with Crippen molar-refractivity contribution in [1.29, 1.82) is 0 Å². The minimum Gasteiger partial charge on any atom is -0.367 e. The van der Waals surface area contributed by atoms with Crippen molar-refractivity contribution in [1.82, 2.24) is 9.97 Å². The molecule has 1 aliphatic rings. The highest BCUT2D eigenvalue weighted by atomic mass is 32.2. The Bertz CT molecular complexity index is 982. The summed E-state index contributed by atoms with van der Waals surface area (Å²) in [6.07, 6.45) is 0. The number of nitrogens with two attached hydrogens (primary N) is 1. The molecule has 0 unspecified atom stereocenters. The Morgan fingerprint density at radius 3 is 1.97 bits per heavy atom. The van der Waals surface area contributed by atoms with Crippen molar-refractivity contribution < 1.29 is 8.42 Å². The van der Waals surface area contributed by atoms with E-state index in [1.165, 1.54) is 0 Å². The van der Waals surface area contributed by atoms with E-state index in [1.807, 2.05) is 12.1 Å². The number of aromatic nitrogens is 2.